The van der Waals surface area contributed by atoms with E-state index < -0.39 is 11.6 Å². The van der Waals surface area contributed by atoms with E-state index in [-0.39, 0.29) is 25.8 Å². The van der Waals surface area contributed by atoms with Gasteiger partial charge in [0.15, 0.2) is 5.82 Å². The van der Waals surface area contributed by atoms with Crippen LogP contribution in [0.1, 0.15) is 0 Å². The zero-order chi connectivity index (χ0) is 11.2. The monoisotopic (exact) mass is 312 g/mol. The Labute approximate surface area is 101 Å². The molecule has 2 aromatic rings. The van der Waals surface area contributed by atoms with Gasteiger partial charge in [0.05, 0.1) is 9.86 Å². The van der Waals surface area contributed by atoms with Crippen LogP contribution in [0.3, 0.4) is 0 Å². The Morgan fingerprint density at radius 1 is 1.13 bits per heavy atom. The van der Waals surface area contributed by atoms with Crippen molar-refractivity contribution in [1.82, 2.24) is 9.97 Å². The molecule has 0 aliphatic heterocycles. The molecule has 1 heterocycles. The average molecular weight is 314 g/mol. The van der Waals surface area contributed by atoms with Gasteiger partial charge in [-0.1, -0.05) is 11.6 Å². The molecule has 7 heteroatoms. The SMILES string of the molecule is Fc1cc(F)c2nc(Cl)nc(Cl)c2c1Br. The van der Waals surface area contributed by atoms with Crippen LogP contribution in [0.15, 0.2) is 10.5 Å². The summed E-state index contributed by atoms with van der Waals surface area (Å²) >= 11 is 14.2. The third-order valence-corrected chi connectivity index (χ3v) is 2.96. The molecule has 1 aromatic heterocycles. The number of rotatable bonds is 0. The van der Waals surface area contributed by atoms with Crippen molar-refractivity contribution in [3.63, 3.8) is 0 Å². The van der Waals surface area contributed by atoms with Gasteiger partial charge in [-0.3, -0.25) is 0 Å². The Kier molecular flexibility index (Phi) is 2.79. The van der Waals surface area contributed by atoms with Crippen molar-refractivity contribution < 1.29 is 8.78 Å². The van der Waals surface area contributed by atoms with Gasteiger partial charge in [0, 0.05) is 6.07 Å². The summed E-state index contributed by atoms with van der Waals surface area (Å²) in [5.41, 5.74) is -0.117. The van der Waals surface area contributed by atoms with Crippen molar-refractivity contribution in [3.8, 4) is 0 Å². The fraction of sp³-hybridized carbons (Fsp3) is 0. The van der Waals surface area contributed by atoms with Gasteiger partial charge in [0.1, 0.15) is 16.5 Å². The van der Waals surface area contributed by atoms with Crippen LogP contribution in [0.5, 0.6) is 0 Å². The van der Waals surface area contributed by atoms with E-state index in [2.05, 4.69) is 25.9 Å². The summed E-state index contributed by atoms with van der Waals surface area (Å²) in [6.07, 6.45) is 0. The van der Waals surface area contributed by atoms with E-state index in [1.54, 1.807) is 0 Å². The lowest BCUT2D eigenvalue weighted by Crippen LogP contribution is -1.93. The highest BCUT2D eigenvalue weighted by molar-refractivity contribution is 9.10. The molecule has 15 heavy (non-hydrogen) atoms. The Balaban J connectivity index is 3.03. The molecule has 0 fully saturated rings. The largest absolute Gasteiger partial charge is 0.224 e. The van der Waals surface area contributed by atoms with Crippen molar-refractivity contribution >= 4 is 50.0 Å². The summed E-state index contributed by atoms with van der Waals surface area (Å²) < 4.78 is 26.5. The van der Waals surface area contributed by atoms with Crippen LogP contribution in [0, 0.1) is 11.6 Å². The molecule has 0 bridgehead atoms. The van der Waals surface area contributed by atoms with Gasteiger partial charge >= 0.3 is 0 Å². The van der Waals surface area contributed by atoms with Crippen LogP contribution in [-0.4, -0.2) is 9.97 Å². The van der Waals surface area contributed by atoms with E-state index >= 15 is 0 Å². The standard InChI is InChI=1S/C8HBrCl2F2N2/c9-5-2(12)1-3(13)6-4(5)7(10)15-8(11)14-6/h1H. The van der Waals surface area contributed by atoms with Crippen LogP contribution in [0.2, 0.25) is 10.4 Å². The van der Waals surface area contributed by atoms with Gasteiger partial charge in [-0.2, -0.15) is 0 Å². The van der Waals surface area contributed by atoms with E-state index in [9.17, 15) is 8.78 Å². The predicted molar refractivity (Wildman–Crippen MR) is 57.2 cm³/mol. The smallest absolute Gasteiger partial charge is 0.215 e. The topological polar surface area (TPSA) is 25.8 Å². The first-order valence-electron chi connectivity index (χ1n) is 3.67. The van der Waals surface area contributed by atoms with E-state index in [0.29, 0.717) is 6.07 Å². The summed E-state index contributed by atoms with van der Waals surface area (Å²) in [4.78, 5) is 7.24. The van der Waals surface area contributed by atoms with Crippen LogP contribution >= 0.6 is 39.1 Å². The Hall–Kier alpha value is -0.520. The lowest BCUT2D eigenvalue weighted by Gasteiger charge is -2.04. The molecule has 0 radical (unpaired) electrons. The molecule has 0 amide bonds. The zero-order valence-corrected chi connectivity index (χ0v) is 9.96. The van der Waals surface area contributed by atoms with E-state index in [1.807, 2.05) is 0 Å². The first-order chi connectivity index (χ1) is 7.00. The van der Waals surface area contributed by atoms with Crippen molar-refractivity contribution in [3.05, 3.63) is 32.6 Å². The second kappa shape index (κ2) is 3.81. The first kappa shape index (κ1) is 11.0. The molecular weight excluding hydrogens is 313 g/mol. The maximum Gasteiger partial charge on any atom is 0.224 e. The summed E-state index contributed by atoms with van der Waals surface area (Å²) in [6.45, 7) is 0. The highest BCUT2D eigenvalue weighted by Crippen LogP contribution is 2.32. The van der Waals surface area contributed by atoms with Gasteiger partial charge in [0.25, 0.3) is 0 Å². The molecular formula is C8HBrCl2F2N2. The average Bonchev–Trinajstić information content (AvgIpc) is 2.13. The minimum absolute atomic E-state index is 0.0144. The van der Waals surface area contributed by atoms with E-state index in [0.717, 1.165) is 0 Å². The quantitative estimate of drug-likeness (QED) is 0.418. The van der Waals surface area contributed by atoms with Gasteiger partial charge in [-0.05, 0) is 27.5 Å². The molecule has 0 N–H and O–H groups in total. The molecule has 0 saturated carbocycles. The third kappa shape index (κ3) is 1.79. The van der Waals surface area contributed by atoms with Crippen LogP contribution < -0.4 is 0 Å². The van der Waals surface area contributed by atoms with E-state index in [1.165, 1.54) is 0 Å². The normalized spacial score (nSPS) is 11.0. The summed E-state index contributed by atoms with van der Waals surface area (Å²) in [6, 6.07) is 0.700. The molecule has 78 valence electrons. The molecule has 0 spiro atoms. The lowest BCUT2D eigenvalue weighted by atomic mass is 10.2. The summed E-state index contributed by atoms with van der Waals surface area (Å²) in [5, 5.41) is -0.223. The molecule has 0 unspecified atom stereocenters. The molecule has 2 nitrogen and oxygen atoms in total. The van der Waals surface area contributed by atoms with Crippen molar-refractivity contribution in [2.75, 3.05) is 0 Å². The van der Waals surface area contributed by atoms with Gasteiger partial charge in [0.2, 0.25) is 5.28 Å². The minimum atomic E-state index is -0.836. The molecule has 0 saturated heterocycles. The minimum Gasteiger partial charge on any atom is -0.215 e. The van der Waals surface area contributed by atoms with Crippen molar-refractivity contribution in [2.45, 2.75) is 0 Å². The molecule has 2 rings (SSSR count). The number of fused-ring (bicyclic) bond motifs is 1. The van der Waals surface area contributed by atoms with Crippen molar-refractivity contribution in [2.24, 2.45) is 0 Å². The van der Waals surface area contributed by atoms with Crippen LogP contribution in [-0.2, 0) is 0 Å². The second-order valence-corrected chi connectivity index (χ2v) is 4.15. The number of hydrogen-bond donors (Lipinski definition) is 0. The van der Waals surface area contributed by atoms with Crippen LogP contribution in [0.4, 0.5) is 8.78 Å². The van der Waals surface area contributed by atoms with Gasteiger partial charge < -0.3 is 0 Å². The third-order valence-electron chi connectivity index (χ3n) is 1.75. The number of nitrogens with zero attached hydrogens (tertiary/aromatic N) is 2. The number of benzene rings is 1. The highest BCUT2D eigenvalue weighted by Gasteiger charge is 2.16. The Morgan fingerprint density at radius 3 is 2.47 bits per heavy atom. The maximum atomic E-state index is 13.3. The molecule has 0 atom stereocenters. The first-order valence-corrected chi connectivity index (χ1v) is 5.22. The fourth-order valence-corrected chi connectivity index (χ4v) is 2.22. The zero-order valence-electron chi connectivity index (χ0n) is 6.86. The molecule has 0 aliphatic carbocycles. The molecule has 1 aromatic carbocycles. The predicted octanol–water partition coefficient (Wildman–Crippen LogP) is 3.98. The van der Waals surface area contributed by atoms with Gasteiger partial charge in [-0.25, -0.2) is 18.7 Å². The maximum absolute atomic E-state index is 13.3. The van der Waals surface area contributed by atoms with Crippen LogP contribution in [0.25, 0.3) is 10.9 Å². The summed E-state index contributed by atoms with van der Waals surface area (Å²) in [5.74, 6) is -1.61. The summed E-state index contributed by atoms with van der Waals surface area (Å²) in [7, 11) is 0. The highest BCUT2D eigenvalue weighted by atomic mass is 79.9. The molecule has 0 aliphatic rings. The van der Waals surface area contributed by atoms with Crippen molar-refractivity contribution in [1.29, 1.82) is 0 Å². The number of hydrogen-bond acceptors (Lipinski definition) is 2. The Bertz CT molecular complexity index is 562. The number of aromatic nitrogens is 2. The Morgan fingerprint density at radius 2 is 1.80 bits per heavy atom. The van der Waals surface area contributed by atoms with Gasteiger partial charge in [-0.15, -0.1) is 0 Å². The van der Waals surface area contributed by atoms with E-state index in [4.69, 9.17) is 23.2 Å². The fourth-order valence-electron chi connectivity index (χ4n) is 1.14. The second-order valence-electron chi connectivity index (χ2n) is 2.66. The lowest BCUT2D eigenvalue weighted by molar-refractivity contribution is 0.586. The number of halogens is 5.